The van der Waals surface area contributed by atoms with Gasteiger partial charge < -0.3 is 19.5 Å². The molecule has 1 amide bonds. The van der Waals surface area contributed by atoms with Gasteiger partial charge in [0, 0.05) is 19.5 Å². The first-order valence-electron chi connectivity index (χ1n) is 6.28. The van der Waals surface area contributed by atoms with Crippen LogP contribution in [0.4, 0.5) is 0 Å². The summed E-state index contributed by atoms with van der Waals surface area (Å²) in [5, 5.41) is 8.72. The van der Waals surface area contributed by atoms with Crippen molar-refractivity contribution in [1.82, 2.24) is 4.90 Å². The molecule has 1 rings (SSSR count). The molecule has 0 radical (unpaired) electrons. The number of hydrogen-bond donors (Lipinski definition) is 1. The maximum atomic E-state index is 12.6. The van der Waals surface area contributed by atoms with Gasteiger partial charge in [0.1, 0.15) is 0 Å². The van der Waals surface area contributed by atoms with Gasteiger partial charge in [-0.15, -0.1) is 13.2 Å². The Bertz CT molecular complexity index is 345. The topological polar surface area (TPSA) is 59.0 Å². The maximum absolute atomic E-state index is 12.6. The van der Waals surface area contributed by atoms with Crippen LogP contribution in [-0.2, 0) is 14.3 Å². The van der Waals surface area contributed by atoms with Gasteiger partial charge in [0.05, 0.1) is 19.5 Å². The van der Waals surface area contributed by atoms with E-state index in [0.717, 1.165) is 12.7 Å². The highest BCUT2D eigenvalue weighted by Gasteiger charge is 2.44. The lowest BCUT2D eigenvalue weighted by molar-refractivity contribution is -0.258. The van der Waals surface area contributed by atoms with Gasteiger partial charge in [0.15, 0.2) is 0 Å². The van der Waals surface area contributed by atoms with E-state index in [9.17, 15) is 4.79 Å². The number of aliphatic hydroxyl groups is 1. The fraction of sp³-hybridized carbons (Fsp3) is 0.500. The normalized spacial score (nSPS) is 18.1. The molecule has 1 aliphatic rings. The third kappa shape index (κ3) is 3.94. The fourth-order valence-electron chi connectivity index (χ4n) is 1.90. The number of ether oxygens (including phenoxy) is 2. The molecule has 0 saturated carbocycles. The summed E-state index contributed by atoms with van der Waals surface area (Å²) in [6.07, 6.45) is 6.68. The first-order chi connectivity index (χ1) is 9.20. The third-order valence-corrected chi connectivity index (χ3v) is 2.77. The molecule has 0 aliphatic carbocycles. The van der Waals surface area contributed by atoms with E-state index in [1.54, 1.807) is 12.2 Å². The average molecular weight is 267 g/mol. The van der Waals surface area contributed by atoms with Crippen molar-refractivity contribution in [3.05, 3.63) is 37.6 Å². The van der Waals surface area contributed by atoms with Gasteiger partial charge in [0.25, 0.3) is 11.7 Å². The second-order valence-electron chi connectivity index (χ2n) is 4.18. The summed E-state index contributed by atoms with van der Waals surface area (Å²) in [6.45, 7) is 8.86. The number of hydrogen-bond acceptors (Lipinski definition) is 4. The highest BCUT2D eigenvalue weighted by molar-refractivity contribution is 5.84. The fourth-order valence-corrected chi connectivity index (χ4v) is 1.90. The van der Waals surface area contributed by atoms with E-state index < -0.39 is 5.79 Å². The van der Waals surface area contributed by atoms with Crippen molar-refractivity contribution < 1.29 is 19.4 Å². The van der Waals surface area contributed by atoms with E-state index in [-0.39, 0.29) is 12.5 Å². The molecule has 0 aromatic heterocycles. The molecule has 106 valence electrons. The molecule has 19 heavy (non-hydrogen) atoms. The average Bonchev–Trinajstić information content (AvgIpc) is 2.44. The molecule has 1 N–H and O–H groups in total. The van der Waals surface area contributed by atoms with Crippen molar-refractivity contribution in [2.75, 3.05) is 26.3 Å². The monoisotopic (exact) mass is 267 g/mol. The molecule has 1 heterocycles. The molecule has 1 fully saturated rings. The van der Waals surface area contributed by atoms with Crippen LogP contribution in [0, 0.1) is 0 Å². The van der Waals surface area contributed by atoms with Gasteiger partial charge in [-0.1, -0.05) is 12.2 Å². The standard InChI is InChI=1S/C14H21NO4/c1-3-7-14(18-11-6-12-19-14)13(17)15(8-4-2)9-5-10-16/h3-5,10,16H,1-2,6-9,11-12H2/b10-5+. The van der Waals surface area contributed by atoms with Crippen molar-refractivity contribution in [3.8, 4) is 0 Å². The van der Waals surface area contributed by atoms with E-state index in [4.69, 9.17) is 14.6 Å². The molecule has 0 atom stereocenters. The van der Waals surface area contributed by atoms with E-state index in [1.165, 1.54) is 11.0 Å². The summed E-state index contributed by atoms with van der Waals surface area (Å²) >= 11 is 0. The van der Waals surface area contributed by atoms with Crippen molar-refractivity contribution in [1.29, 1.82) is 0 Å². The van der Waals surface area contributed by atoms with E-state index in [0.29, 0.717) is 26.2 Å². The zero-order valence-electron chi connectivity index (χ0n) is 11.1. The van der Waals surface area contributed by atoms with Gasteiger partial charge in [-0.05, 0) is 12.5 Å². The highest BCUT2D eigenvalue weighted by atomic mass is 16.7. The lowest BCUT2D eigenvalue weighted by atomic mass is 10.1. The SMILES string of the molecule is C=CCN(C/C=C/O)C(=O)C1(CC=C)OCCCO1. The minimum Gasteiger partial charge on any atom is -0.516 e. The van der Waals surface area contributed by atoms with E-state index in [2.05, 4.69) is 13.2 Å². The molecular weight excluding hydrogens is 246 g/mol. The molecule has 5 nitrogen and oxygen atoms in total. The van der Waals surface area contributed by atoms with Crippen molar-refractivity contribution in [3.63, 3.8) is 0 Å². The largest absolute Gasteiger partial charge is 0.516 e. The Morgan fingerprint density at radius 1 is 1.26 bits per heavy atom. The zero-order chi connectivity index (χ0) is 14.1. The van der Waals surface area contributed by atoms with Crippen LogP contribution in [0.3, 0.4) is 0 Å². The van der Waals surface area contributed by atoms with Crippen molar-refractivity contribution in [2.24, 2.45) is 0 Å². The van der Waals surface area contributed by atoms with Crippen LogP contribution in [0.1, 0.15) is 12.8 Å². The Labute approximate surface area is 113 Å². The van der Waals surface area contributed by atoms with Crippen LogP contribution in [0.25, 0.3) is 0 Å². The smallest absolute Gasteiger partial charge is 0.283 e. The van der Waals surface area contributed by atoms with E-state index in [1.807, 2.05) is 0 Å². The first-order valence-corrected chi connectivity index (χ1v) is 6.28. The van der Waals surface area contributed by atoms with Gasteiger partial charge in [0.2, 0.25) is 0 Å². The Morgan fingerprint density at radius 3 is 2.47 bits per heavy atom. The summed E-state index contributed by atoms with van der Waals surface area (Å²) in [5.41, 5.74) is 0. The summed E-state index contributed by atoms with van der Waals surface area (Å²) in [5.74, 6) is -1.56. The van der Waals surface area contributed by atoms with E-state index >= 15 is 0 Å². The number of carbonyl (C=O) groups excluding carboxylic acids is 1. The molecule has 0 aromatic rings. The quantitative estimate of drug-likeness (QED) is 0.564. The molecule has 0 unspecified atom stereocenters. The molecule has 0 aromatic carbocycles. The Kier molecular flexibility index (Phi) is 6.32. The Morgan fingerprint density at radius 2 is 1.95 bits per heavy atom. The van der Waals surface area contributed by atoms with Gasteiger partial charge in [-0.2, -0.15) is 0 Å². The summed E-state index contributed by atoms with van der Waals surface area (Å²) in [6, 6.07) is 0. The number of carbonyl (C=O) groups is 1. The van der Waals surface area contributed by atoms with Crippen LogP contribution in [-0.4, -0.2) is 48.0 Å². The number of nitrogens with zero attached hydrogens (tertiary/aromatic N) is 1. The molecule has 1 saturated heterocycles. The molecule has 0 spiro atoms. The van der Waals surface area contributed by atoms with Gasteiger partial charge in [-0.25, -0.2) is 0 Å². The van der Waals surface area contributed by atoms with Crippen LogP contribution in [0.15, 0.2) is 37.6 Å². The molecule has 5 heteroatoms. The van der Waals surface area contributed by atoms with Crippen LogP contribution >= 0.6 is 0 Å². The molecule has 1 aliphatic heterocycles. The van der Waals surface area contributed by atoms with Crippen LogP contribution in [0.2, 0.25) is 0 Å². The second-order valence-corrected chi connectivity index (χ2v) is 4.18. The number of aliphatic hydroxyl groups excluding tert-OH is 1. The second kappa shape index (κ2) is 7.76. The lowest BCUT2D eigenvalue weighted by Crippen LogP contribution is -2.54. The zero-order valence-corrected chi connectivity index (χ0v) is 11.1. The van der Waals surface area contributed by atoms with Gasteiger partial charge in [-0.3, -0.25) is 4.79 Å². The van der Waals surface area contributed by atoms with Gasteiger partial charge >= 0.3 is 0 Å². The summed E-state index contributed by atoms with van der Waals surface area (Å²) < 4.78 is 11.1. The summed E-state index contributed by atoms with van der Waals surface area (Å²) in [4.78, 5) is 14.1. The van der Waals surface area contributed by atoms with Crippen molar-refractivity contribution >= 4 is 5.91 Å². The molecular formula is C14H21NO4. The van der Waals surface area contributed by atoms with Crippen molar-refractivity contribution in [2.45, 2.75) is 18.6 Å². The Balaban J connectivity index is 2.87. The highest BCUT2D eigenvalue weighted by Crippen LogP contribution is 2.26. The minimum atomic E-state index is -1.29. The predicted octanol–water partition coefficient (Wildman–Crippen LogP) is 1.78. The third-order valence-electron chi connectivity index (χ3n) is 2.77. The summed E-state index contributed by atoms with van der Waals surface area (Å²) in [7, 11) is 0. The van der Waals surface area contributed by atoms with Crippen LogP contribution < -0.4 is 0 Å². The predicted molar refractivity (Wildman–Crippen MR) is 72.6 cm³/mol. The molecule has 0 bridgehead atoms. The number of amides is 1. The van der Waals surface area contributed by atoms with Crippen LogP contribution in [0.5, 0.6) is 0 Å². The Hall–Kier alpha value is -1.59. The lowest BCUT2D eigenvalue weighted by Gasteiger charge is -2.38. The number of rotatable bonds is 7. The minimum absolute atomic E-state index is 0.271. The maximum Gasteiger partial charge on any atom is 0.283 e. The first kappa shape index (κ1) is 15.5.